The van der Waals surface area contributed by atoms with Crippen LogP contribution < -0.4 is 11.3 Å². The first-order valence-electron chi connectivity index (χ1n) is 5.55. The van der Waals surface area contributed by atoms with Crippen LogP contribution in [0.3, 0.4) is 0 Å². The molecular formula is C13H15N3O. The Hall–Kier alpha value is -2.10. The molecule has 0 amide bonds. The maximum absolute atomic E-state index is 11.8. The summed E-state index contributed by atoms with van der Waals surface area (Å²) in [6.07, 6.45) is 3.46. The molecule has 0 aliphatic heterocycles. The van der Waals surface area contributed by atoms with Crippen molar-refractivity contribution in [3.8, 4) is 11.1 Å². The smallest absolute Gasteiger partial charge is 0.273 e. The van der Waals surface area contributed by atoms with Crippen molar-refractivity contribution < 1.29 is 0 Å². The van der Waals surface area contributed by atoms with Gasteiger partial charge in [-0.2, -0.15) is 0 Å². The highest BCUT2D eigenvalue weighted by molar-refractivity contribution is 5.68. The summed E-state index contributed by atoms with van der Waals surface area (Å²) in [5.41, 5.74) is 8.84. The van der Waals surface area contributed by atoms with Gasteiger partial charge in [0.15, 0.2) is 0 Å². The lowest BCUT2D eigenvalue weighted by atomic mass is 10.1. The summed E-state index contributed by atoms with van der Waals surface area (Å²) in [5.74, 6) is 0. The van der Waals surface area contributed by atoms with Gasteiger partial charge in [-0.05, 0) is 37.6 Å². The van der Waals surface area contributed by atoms with E-state index in [9.17, 15) is 4.79 Å². The zero-order chi connectivity index (χ0) is 12.4. The molecule has 4 nitrogen and oxygen atoms in total. The van der Waals surface area contributed by atoms with Gasteiger partial charge in [-0.1, -0.05) is 0 Å². The van der Waals surface area contributed by atoms with E-state index < -0.39 is 0 Å². The first-order valence-corrected chi connectivity index (χ1v) is 5.55. The van der Waals surface area contributed by atoms with Crippen molar-refractivity contribution in [3.05, 3.63) is 46.6 Å². The van der Waals surface area contributed by atoms with E-state index in [1.165, 1.54) is 0 Å². The Kier molecular flexibility index (Phi) is 2.95. The average molecular weight is 229 g/mol. The monoisotopic (exact) mass is 229 g/mol. The number of nitrogens with two attached hydrogens (primary N) is 1. The quantitative estimate of drug-likeness (QED) is 0.854. The summed E-state index contributed by atoms with van der Waals surface area (Å²) in [6.45, 7) is 4.48. The predicted molar refractivity (Wildman–Crippen MR) is 68.8 cm³/mol. The molecule has 17 heavy (non-hydrogen) atoms. The van der Waals surface area contributed by atoms with Gasteiger partial charge in [-0.25, -0.2) is 0 Å². The number of anilines is 1. The number of pyridine rings is 2. The van der Waals surface area contributed by atoms with Crippen molar-refractivity contribution in [2.24, 2.45) is 0 Å². The van der Waals surface area contributed by atoms with Gasteiger partial charge in [0.2, 0.25) is 0 Å². The van der Waals surface area contributed by atoms with E-state index in [4.69, 9.17) is 5.73 Å². The minimum absolute atomic E-state index is 0.122. The van der Waals surface area contributed by atoms with Gasteiger partial charge < -0.3 is 10.3 Å². The molecule has 0 aliphatic carbocycles. The molecule has 0 aliphatic rings. The van der Waals surface area contributed by atoms with Gasteiger partial charge in [-0.3, -0.25) is 9.78 Å². The minimum Gasteiger partial charge on any atom is -0.394 e. The number of rotatable bonds is 2. The Morgan fingerprint density at radius 2 is 2.00 bits per heavy atom. The number of hydrogen-bond donors (Lipinski definition) is 1. The molecule has 0 atom stereocenters. The third kappa shape index (κ3) is 1.93. The topological polar surface area (TPSA) is 60.9 Å². The van der Waals surface area contributed by atoms with E-state index in [0.29, 0.717) is 6.54 Å². The largest absolute Gasteiger partial charge is 0.394 e. The van der Waals surface area contributed by atoms with E-state index >= 15 is 0 Å². The summed E-state index contributed by atoms with van der Waals surface area (Å²) < 4.78 is 1.69. The highest BCUT2D eigenvalue weighted by atomic mass is 16.1. The van der Waals surface area contributed by atoms with Crippen LogP contribution in [0.25, 0.3) is 11.1 Å². The fourth-order valence-electron chi connectivity index (χ4n) is 1.98. The summed E-state index contributed by atoms with van der Waals surface area (Å²) in [4.78, 5) is 15.8. The van der Waals surface area contributed by atoms with Crippen LogP contribution in [-0.2, 0) is 6.54 Å². The van der Waals surface area contributed by atoms with Crippen molar-refractivity contribution in [2.75, 3.05) is 5.73 Å². The Balaban J connectivity index is 2.72. The lowest BCUT2D eigenvalue weighted by molar-refractivity contribution is 0.705. The fraction of sp³-hybridized carbons (Fsp3) is 0.231. The maximum Gasteiger partial charge on any atom is 0.273 e. The molecule has 0 bridgehead atoms. The average Bonchev–Trinajstić information content (AvgIpc) is 2.36. The molecule has 0 aromatic carbocycles. The van der Waals surface area contributed by atoms with E-state index in [1.54, 1.807) is 23.0 Å². The number of hydrogen-bond acceptors (Lipinski definition) is 3. The molecule has 4 heteroatoms. The van der Waals surface area contributed by atoms with E-state index in [2.05, 4.69) is 4.98 Å². The minimum atomic E-state index is -0.122. The van der Waals surface area contributed by atoms with E-state index in [1.807, 2.05) is 26.0 Å². The van der Waals surface area contributed by atoms with Crippen molar-refractivity contribution in [1.82, 2.24) is 9.55 Å². The summed E-state index contributed by atoms with van der Waals surface area (Å²) in [6, 6.07) is 5.55. The second kappa shape index (κ2) is 4.41. The normalized spacial score (nSPS) is 10.5. The van der Waals surface area contributed by atoms with Crippen LogP contribution in [0, 0.1) is 6.92 Å². The van der Waals surface area contributed by atoms with Gasteiger partial charge in [0.1, 0.15) is 0 Å². The van der Waals surface area contributed by atoms with Crippen LogP contribution in [-0.4, -0.2) is 9.55 Å². The lowest BCUT2D eigenvalue weighted by Crippen LogP contribution is -2.24. The molecule has 0 radical (unpaired) electrons. The first kappa shape index (κ1) is 11.4. The van der Waals surface area contributed by atoms with Gasteiger partial charge >= 0.3 is 0 Å². The van der Waals surface area contributed by atoms with Crippen molar-refractivity contribution in [1.29, 1.82) is 0 Å². The second-order valence-corrected chi connectivity index (χ2v) is 3.88. The van der Waals surface area contributed by atoms with E-state index in [0.717, 1.165) is 16.8 Å². The molecule has 0 saturated heterocycles. The molecular weight excluding hydrogens is 214 g/mol. The molecule has 2 rings (SSSR count). The zero-order valence-electron chi connectivity index (χ0n) is 9.97. The molecule has 2 heterocycles. The van der Waals surface area contributed by atoms with E-state index in [-0.39, 0.29) is 11.2 Å². The Morgan fingerprint density at radius 3 is 2.59 bits per heavy atom. The highest BCUT2D eigenvalue weighted by Crippen LogP contribution is 2.23. The van der Waals surface area contributed by atoms with Crippen LogP contribution in [0.15, 0.2) is 35.4 Å². The second-order valence-electron chi connectivity index (χ2n) is 3.88. The van der Waals surface area contributed by atoms with Crippen molar-refractivity contribution in [3.63, 3.8) is 0 Å². The number of nitrogens with zero attached hydrogens (tertiary/aromatic N) is 2. The third-order valence-corrected chi connectivity index (χ3v) is 2.89. The predicted octanol–water partition coefficient (Wildman–Crippen LogP) is 1.82. The standard InChI is InChI=1S/C13H15N3O/c1-3-16-9(2)11(8-12(14)13(16)17)10-4-6-15-7-5-10/h4-8H,3,14H2,1-2H3. The Morgan fingerprint density at radius 1 is 1.35 bits per heavy atom. The van der Waals surface area contributed by atoms with Crippen LogP contribution in [0.4, 0.5) is 5.69 Å². The summed E-state index contributed by atoms with van der Waals surface area (Å²) in [5, 5.41) is 0. The summed E-state index contributed by atoms with van der Waals surface area (Å²) in [7, 11) is 0. The first-order chi connectivity index (χ1) is 8.15. The molecule has 0 saturated carbocycles. The Labute approximate surface area is 99.7 Å². The van der Waals surface area contributed by atoms with Gasteiger partial charge in [0, 0.05) is 30.2 Å². The molecule has 2 aromatic heterocycles. The van der Waals surface area contributed by atoms with Gasteiger partial charge in [0.25, 0.3) is 5.56 Å². The van der Waals surface area contributed by atoms with Crippen LogP contribution in [0.1, 0.15) is 12.6 Å². The van der Waals surface area contributed by atoms with Gasteiger partial charge in [0.05, 0.1) is 5.69 Å². The molecule has 0 unspecified atom stereocenters. The molecule has 0 spiro atoms. The fourth-order valence-corrected chi connectivity index (χ4v) is 1.98. The molecule has 0 fully saturated rings. The zero-order valence-corrected chi connectivity index (χ0v) is 9.97. The van der Waals surface area contributed by atoms with Crippen LogP contribution >= 0.6 is 0 Å². The maximum atomic E-state index is 11.8. The Bertz CT molecular complexity index is 588. The van der Waals surface area contributed by atoms with Crippen LogP contribution in [0.2, 0.25) is 0 Å². The molecule has 2 aromatic rings. The molecule has 2 N–H and O–H groups in total. The van der Waals surface area contributed by atoms with Crippen LogP contribution in [0.5, 0.6) is 0 Å². The summed E-state index contributed by atoms with van der Waals surface area (Å²) >= 11 is 0. The highest BCUT2D eigenvalue weighted by Gasteiger charge is 2.09. The van der Waals surface area contributed by atoms with Crippen molar-refractivity contribution >= 4 is 5.69 Å². The lowest BCUT2D eigenvalue weighted by Gasteiger charge is -2.13. The number of nitrogen functional groups attached to an aromatic ring is 1. The molecule has 88 valence electrons. The third-order valence-electron chi connectivity index (χ3n) is 2.89. The number of aromatic nitrogens is 2. The SMILES string of the molecule is CCn1c(C)c(-c2ccncc2)cc(N)c1=O. The van der Waals surface area contributed by atoms with Gasteiger partial charge in [-0.15, -0.1) is 0 Å². The van der Waals surface area contributed by atoms with Crippen molar-refractivity contribution in [2.45, 2.75) is 20.4 Å².